The molecule has 4 aromatic rings. The van der Waals surface area contributed by atoms with Gasteiger partial charge in [-0.2, -0.15) is 5.10 Å². The maximum Gasteiger partial charge on any atom is 0.305 e. The molecule has 0 saturated carbocycles. The molecule has 0 fully saturated rings. The van der Waals surface area contributed by atoms with Crippen LogP contribution in [-0.4, -0.2) is 32.8 Å². The van der Waals surface area contributed by atoms with Gasteiger partial charge in [0.05, 0.1) is 35.1 Å². The van der Waals surface area contributed by atoms with Crippen molar-refractivity contribution in [1.82, 2.24) is 14.3 Å². The molecule has 188 valence electrons. The van der Waals surface area contributed by atoms with E-state index in [9.17, 15) is 14.0 Å². The van der Waals surface area contributed by atoms with Crippen molar-refractivity contribution in [3.8, 4) is 11.3 Å². The monoisotopic (exact) mass is 490 g/mol. The normalized spacial score (nSPS) is 11.6. The van der Waals surface area contributed by atoms with E-state index in [1.54, 1.807) is 29.9 Å². The quantitative estimate of drug-likeness (QED) is 0.308. The standard InChI is InChI=1S/C28H31FN4O3/c1-5-36-25(34)7-6-15-32-16-14-19-10-13-22(17-24(19)32)31-27(35)23-18-30-33(28(2,3)4)26(23)20-8-11-21(29)12-9-20/h8-14,16-18H,5-7,15H2,1-4H3,(H,31,35). The van der Waals surface area contributed by atoms with E-state index in [2.05, 4.69) is 15.0 Å². The Balaban J connectivity index is 1.59. The van der Waals surface area contributed by atoms with Crippen molar-refractivity contribution in [3.63, 3.8) is 0 Å². The Morgan fingerprint density at radius 2 is 1.83 bits per heavy atom. The van der Waals surface area contributed by atoms with Crippen molar-refractivity contribution < 1.29 is 18.7 Å². The van der Waals surface area contributed by atoms with Crippen LogP contribution in [0.1, 0.15) is 50.9 Å². The number of carbonyl (C=O) groups excluding carboxylic acids is 2. The Kier molecular flexibility index (Phi) is 7.24. The van der Waals surface area contributed by atoms with Crippen LogP contribution >= 0.6 is 0 Å². The van der Waals surface area contributed by atoms with Crippen molar-refractivity contribution in [3.05, 3.63) is 72.3 Å². The van der Waals surface area contributed by atoms with Crippen molar-refractivity contribution in [2.24, 2.45) is 0 Å². The second-order valence-electron chi connectivity index (χ2n) is 9.64. The van der Waals surface area contributed by atoms with Gasteiger partial charge < -0.3 is 14.6 Å². The van der Waals surface area contributed by atoms with Crippen LogP contribution in [0.3, 0.4) is 0 Å². The number of nitrogens with one attached hydrogen (secondary N) is 1. The number of hydrogen-bond acceptors (Lipinski definition) is 4. The minimum Gasteiger partial charge on any atom is -0.466 e. The van der Waals surface area contributed by atoms with Crippen LogP contribution in [0.4, 0.5) is 10.1 Å². The maximum absolute atomic E-state index is 13.6. The van der Waals surface area contributed by atoms with Crippen LogP contribution in [0.15, 0.2) is 60.9 Å². The van der Waals surface area contributed by atoms with Gasteiger partial charge in [-0.05, 0) is 82.0 Å². The van der Waals surface area contributed by atoms with Gasteiger partial charge in [0, 0.05) is 30.4 Å². The average molecular weight is 491 g/mol. The molecule has 0 atom stereocenters. The predicted molar refractivity (Wildman–Crippen MR) is 138 cm³/mol. The van der Waals surface area contributed by atoms with Crippen LogP contribution < -0.4 is 5.32 Å². The second-order valence-corrected chi connectivity index (χ2v) is 9.64. The van der Waals surface area contributed by atoms with Gasteiger partial charge in [-0.25, -0.2) is 4.39 Å². The van der Waals surface area contributed by atoms with Gasteiger partial charge in [-0.3, -0.25) is 14.3 Å². The Morgan fingerprint density at radius 3 is 2.53 bits per heavy atom. The Morgan fingerprint density at radius 1 is 1.08 bits per heavy atom. The minimum atomic E-state index is -0.383. The lowest BCUT2D eigenvalue weighted by Crippen LogP contribution is -2.24. The molecule has 0 spiro atoms. The molecule has 0 aliphatic carbocycles. The first kappa shape index (κ1) is 25.2. The number of rotatable bonds is 8. The van der Waals surface area contributed by atoms with Gasteiger partial charge >= 0.3 is 5.97 Å². The first-order valence-electron chi connectivity index (χ1n) is 12.1. The van der Waals surface area contributed by atoms with E-state index in [1.165, 1.54) is 12.1 Å². The zero-order valence-electron chi connectivity index (χ0n) is 21.0. The molecule has 1 N–H and O–H groups in total. The van der Waals surface area contributed by atoms with E-state index in [0.29, 0.717) is 48.5 Å². The summed E-state index contributed by atoms with van der Waals surface area (Å²) < 4.78 is 22.4. The molecule has 8 heteroatoms. The number of ether oxygens (including phenoxy) is 1. The van der Waals surface area contributed by atoms with Gasteiger partial charge in [0.1, 0.15) is 5.82 Å². The van der Waals surface area contributed by atoms with Crippen LogP contribution in [-0.2, 0) is 21.6 Å². The topological polar surface area (TPSA) is 78.2 Å². The number of aryl methyl sites for hydroxylation is 1. The van der Waals surface area contributed by atoms with E-state index in [4.69, 9.17) is 4.74 Å². The van der Waals surface area contributed by atoms with Gasteiger partial charge in [0.25, 0.3) is 5.91 Å². The molecule has 0 bridgehead atoms. The number of carbonyl (C=O) groups is 2. The lowest BCUT2D eigenvalue weighted by atomic mass is 10.0. The van der Waals surface area contributed by atoms with E-state index < -0.39 is 0 Å². The number of amides is 1. The summed E-state index contributed by atoms with van der Waals surface area (Å²) in [4.78, 5) is 25.0. The largest absolute Gasteiger partial charge is 0.466 e. The van der Waals surface area contributed by atoms with Crippen molar-refractivity contribution in [2.45, 2.75) is 52.6 Å². The molecule has 0 aliphatic heterocycles. The van der Waals surface area contributed by atoms with E-state index in [-0.39, 0.29) is 23.2 Å². The summed E-state index contributed by atoms with van der Waals surface area (Å²) >= 11 is 0. The fraction of sp³-hybridized carbons (Fsp3) is 0.321. The number of fused-ring (bicyclic) bond motifs is 1. The van der Waals surface area contributed by atoms with Gasteiger partial charge in [0.2, 0.25) is 0 Å². The van der Waals surface area contributed by atoms with E-state index >= 15 is 0 Å². The summed E-state index contributed by atoms with van der Waals surface area (Å²) in [5.41, 5.74) is 2.96. The molecule has 2 heterocycles. The lowest BCUT2D eigenvalue weighted by Gasteiger charge is -2.23. The molecule has 1 amide bonds. The van der Waals surface area contributed by atoms with Crippen molar-refractivity contribution in [2.75, 3.05) is 11.9 Å². The smallest absolute Gasteiger partial charge is 0.305 e. The zero-order valence-corrected chi connectivity index (χ0v) is 21.0. The number of esters is 1. The highest BCUT2D eigenvalue weighted by atomic mass is 19.1. The highest BCUT2D eigenvalue weighted by Gasteiger charge is 2.25. The third-order valence-corrected chi connectivity index (χ3v) is 5.88. The molecular formula is C28H31FN4O3. The molecule has 0 radical (unpaired) electrons. The molecule has 2 aromatic carbocycles. The van der Waals surface area contributed by atoms with Crippen LogP contribution in [0.5, 0.6) is 0 Å². The highest BCUT2D eigenvalue weighted by Crippen LogP contribution is 2.30. The number of halogens is 1. The predicted octanol–water partition coefficient (Wildman–Crippen LogP) is 5.99. The van der Waals surface area contributed by atoms with Gasteiger partial charge in [-0.1, -0.05) is 6.07 Å². The second kappa shape index (κ2) is 10.4. The summed E-state index contributed by atoms with van der Waals surface area (Å²) in [5, 5.41) is 8.52. The lowest BCUT2D eigenvalue weighted by molar-refractivity contribution is -0.143. The van der Waals surface area contributed by atoms with Gasteiger partial charge in [-0.15, -0.1) is 0 Å². The Bertz CT molecular complexity index is 1380. The van der Waals surface area contributed by atoms with Crippen molar-refractivity contribution in [1.29, 1.82) is 0 Å². The summed E-state index contributed by atoms with van der Waals surface area (Å²) in [6.45, 7) is 8.83. The highest BCUT2D eigenvalue weighted by molar-refractivity contribution is 6.08. The van der Waals surface area contributed by atoms with Crippen molar-refractivity contribution >= 4 is 28.5 Å². The Hall–Kier alpha value is -3.94. The van der Waals surface area contributed by atoms with Crippen LogP contribution in [0, 0.1) is 5.82 Å². The molecule has 0 aliphatic rings. The number of anilines is 1. The Labute approximate surface area is 209 Å². The number of benzene rings is 2. The molecule has 0 unspecified atom stereocenters. The maximum atomic E-state index is 13.6. The third kappa shape index (κ3) is 5.48. The number of aromatic nitrogens is 3. The van der Waals surface area contributed by atoms with Crippen LogP contribution in [0.2, 0.25) is 0 Å². The van der Waals surface area contributed by atoms with E-state index in [1.807, 2.05) is 51.2 Å². The number of hydrogen-bond donors (Lipinski definition) is 1. The first-order valence-corrected chi connectivity index (χ1v) is 12.1. The molecule has 2 aromatic heterocycles. The summed E-state index contributed by atoms with van der Waals surface area (Å²) in [6, 6.07) is 13.8. The average Bonchev–Trinajstić information content (AvgIpc) is 3.45. The molecular weight excluding hydrogens is 459 g/mol. The molecule has 0 saturated heterocycles. The molecule has 4 rings (SSSR count). The third-order valence-electron chi connectivity index (χ3n) is 5.88. The summed E-state index contributed by atoms with van der Waals surface area (Å²) in [7, 11) is 0. The van der Waals surface area contributed by atoms with E-state index in [0.717, 1.165) is 10.9 Å². The van der Waals surface area contributed by atoms with Crippen LogP contribution in [0.25, 0.3) is 22.2 Å². The fourth-order valence-electron chi connectivity index (χ4n) is 4.19. The SMILES string of the molecule is CCOC(=O)CCCn1ccc2ccc(NC(=O)c3cnn(C(C)(C)C)c3-c3ccc(F)cc3)cc21. The molecule has 36 heavy (non-hydrogen) atoms. The summed E-state index contributed by atoms with van der Waals surface area (Å²) in [6.07, 6.45) is 4.54. The van der Waals surface area contributed by atoms with Gasteiger partial charge in [0.15, 0.2) is 0 Å². The number of nitrogens with zero attached hydrogens (tertiary/aromatic N) is 3. The minimum absolute atomic E-state index is 0.199. The zero-order chi connectivity index (χ0) is 25.9. The first-order chi connectivity index (χ1) is 17.2. The molecule has 7 nitrogen and oxygen atoms in total. The summed E-state index contributed by atoms with van der Waals surface area (Å²) in [5.74, 6) is -0.843. The fourth-order valence-corrected chi connectivity index (χ4v) is 4.19.